The first-order valence-corrected chi connectivity index (χ1v) is 35.7. The molecule has 1 amide bonds. The summed E-state index contributed by atoms with van der Waals surface area (Å²) in [6, 6.07) is -0.914. The fourth-order valence-corrected chi connectivity index (χ4v) is 10.2. The predicted molar refractivity (Wildman–Crippen MR) is 357 cm³/mol. The van der Waals surface area contributed by atoms with Gasteiger partial charge in [0.05, 0.1) is 33.8 Å². The number of unbranched alkanes of at least 4 members (excludes halogenated alkanes) is 29. The Balaban J connectivity index is 5.24. The second kappa shape index (κ2) is 61.7. The molecule has 0 radical (unpaired) electrons. The molecule has 0 heterocycles. The normalized spacial score (nSPS) is 14.3. The van der Waals surface area contributed by atoms with E-state index < -0.39 is 26.6 Å². The Morgan fingerprint density at radius 3 is 1.19 bits per heavy atom. The standard InChI is InChI=1S/C73H129N2O7P/c1-7-10-13-16-19-22-25-28-30-32-34-36-37-39-40-42-44-47-50-53-56-59-62-65-72(76)74-70(69-81-83(78,79)80-68-67-75(4,5)6)71(64-61-58-55-52-49-46-27-24-21-18-15-12-9-3)82-73(77)66-63-60-57-54-51-48-45-43-41-38-35-33-31-29-26-23-20-17-14-11-8-2/h11,14,19-20,22-23,28-31,35,38,43,45,51,54,61,64,70-71H,7-10,12-13,15-18,21,24-27,32-34,36-37,39-42,44,46-50,52-53,55-60,62-63,65-69H2,1-6H3,(H-,74,76,78,79)/b14-11-,22-19-,23-20-,30-28-,31-29-,38-35-,45-43-,54-51-,64-61+. The number of nitrogens with one attached hydrogen (secondary N) is 1. The maximum absolute atomic E-state index is 13.6. The molecule has 1 N–H and O–H groups in total. The molecule has 0 rings (SSSR count). The zero-order chi connectivity index (χ0) is 60.7. The van der Waals surface area contributed by atoms with Crippen LogP contribution in [0.5, 0.6) is 0 Å². The van der Waals surface area contributed by atoms with Crippen LogP contribution in [0.1, 0.15) is 290 Å². The van der Waals surface area contributed by atoms with E-state index in [1.165, 1.54) is 148 Å². The van der Waals surface area contributed by atoms with Gasteiger partial charge < -0.3 is 28.5 Å². The fraction of sp³-hybridized carbons (Fsp3) is 0.726. The van der Waals surface area contributed by atoms with Gasteiger partial charge in [-0.05, 0) is 115 Å². The van der Waals surface area contributed by atoms with Crippen molar-refractivity contribution < 1.29 is 37.3 Å². The molecular weight excluding hydrogens is 1050 g/mol. The van der Waals surface area contributed by atoms with Crippen molar-refractivity contribution in [1.82, 2.24) is 5.32 Å². The van der Waals surface area contributed by atoms with E-state index in [0.717, 1.165) is 103 Å². The molecule has 3 atom stereocenters. The number of amides is 1. The third kappa shape index (κ3) is 63.0. The Hall–Kier alpha value is -3.33. The molecule has 0 aromatic carbocycles. The lowest BCUT2D eigenvalue weighted by atomic mass is 10.0. The average Bonchev–Trinajstić information content (AvgIpc) is 3.47. The molecule has 0 fully saturated rings. The Labute approximate surface area is 512 Å². The van der Waals surface area contributed by atoms with Gasteiger partial charge in [0.25, 0.3) is 7.82 Å². The van der Waals surface area contributed by atoms with Gasteiger partial charge in [-0.1, -0.05) is 272 Å². The maximum Gasteiger partial charge on any atom is 0.306 e. The minimum atomic E-state index is -4.72. The number of allylic oxidation sites excluding steroid dienone is 17. The Morgan fingerprint density at radius 1 is 0.434 bits per heavy atom. The summed E-state index contributed by atoms with van der Waals surface area (Å²) in [4.78, 5) is 40.1. The van der Waals surface area contributed by atoms with E-state index in [0.29, 0.717) is 23.9 Å². The van der Waals surface area contributed by atoms with Crippen molar-refractivity contribution in [2.24, 2.45) is 0 Å². The summed E-state index contributed by atoms with van der Waals surface area (Å²) in [7, 11) is 1.15. The number of phosphoric ester groups is 1. The van der Waals surface area contributed by atoms with Gasteiger partial charge in [-0.2, -0.15) is 0 Å². The molecule has 0 saturated heterocycles. The van der Waals surface area contributed by atoms with Gasteiger partial charge in [-0.3, -0.25) is 14.2 Å². The van der Waals surface area contributed by atoms with Crippen molar-refractivity contribution in [2.75, 3.05) is 40.9 Å². The molecule has 0 spiro atoms. The van der Waals surface area contributed by atoms with Crippen molar-refractivity contribution >= 4 is 19.7 Å². The lowest BCUT2D eigenvalue weighted by molar-refractivity contribution is -0.870. The molecule has 0 saturated carbocycles. The first kappa shape index (κ1) is 79.7. The maximum atomic E-state index is 13.6. The Morgan fingerprint density at radius 2 is 0.771 bits per heavy atom. The first-order valence-electron chi connectivity index (χ1n) is 34.2. The van der Waals surface area contributed by atoms with Gasteiger partial charge in [0, 0.05) is 12.8 Å². The number of nitrogens with zero attached hydrogens (tertiary/aromatic N) is 1. The zero-order valence-electron chi connectivity index (χ0n) is 54.6. The Bertz CT molecular complexity index is 1790. The Kier molecular flexibility index (Phi) is 59.3. The number of likely N-dealkylation sites (N-methyl/N-ethyl adjacent to an activating group) is 1. The van der Waals surface area contributed by atoms with E-state index in [1.54, 1.807) is 0 Å². The van der Waals surface area contributed by atoms with Gasteiger partial charge in [0.15, 0.2) is 0 Å². The summed E-state index contributed by atoms with van der Waals surface area (Å²) < 4.78 is 30.4. The van der Waals surface area contributed by atoms with Gasteiger partial charge in [-0.25, -0.2) is 0 Å². The number of esters is 1. The SMILES string of the molecule is CC/C=C\C/C=C\C/C=C\C/C=C\C/C=C\C/C=C\CCCCC(=O)OC(/C=C/CCCCCCCCCCCCC)C(COP(=O)([O-])OCC[N+](C)(C)C)NC(=O)CCCCCCCCCCCCCCC/C=C\C/C=C\CCCCC. The number of rotatable bonds is 61. The minimum Gasteiger partial charge on any atom is -0.756 e. The molecule has 0 aromatic heterocycles. The van der Waals surface area contributed by atoms with Crippen LogP contribution in [0.3, 0.4) is 0 Å². The molecule has 83 heavy (non-hydrogen) atoms. The van der Waals surface area contributed by atoms with Crippen molar-refractivity contribution in [1.29, 1.82) is 0 Å². The molecule has 0 aliphatic heterocycles. The van der Waals surface area contributed by atoms with E-state index in [-0.39, 0.29) is 24.9 Å². The number of hydrogen-bond donors (Lipinski definition) is 1. The van der Waals surface area contributed by atoms with Crippen molar-refractivity contribution in [3.8, 4) is 0 Å². The fourth-order valence-electron chi connectivity index (χ4n) is 9.44. The van der Waals surface area contributed by atoms with Gasteiger partial charge in [0.1, 0.15) is 19.3 Å². The number of phosphoric acid groups is 1. The smallest absolute Gasteiger partial charge is 0.306 e. The minimum absolute atomic E-state index is 0.0341. The number of ether oxygens (including phenoxy) is 1. The molecular formula is C73H129N2O7P. The monoisotopic (exact) mass is 1180 g/mol. The van der Waals surface area contributed by atoms with E-state index in [2.05, 4.69) is 123 Å². The molecule has 10 heteroatoms. The van der Waals surface area contributed by atoms with Crippen LogP contribution >= 0.6 is 7.82 Å². The zero-order valence-corrected chi connectivity index (χ0v) is 55.5. The van der Waals surface area contributed by atoms with Crippen LogP contribution < -0.4 is 10.2 Å². The van der Waals surface area contributed by atoms with Crippen LogP contribution in [0.4, 0.5) is 0 Å². The van der Waals surface area contributed by atoms with Crippen LogP contribution in [0.25, 0.3) is 0 Å². The predicted octanol–water partition coefficient (Wildman–Crippen LogP) is 21.0. The van der Waals surface area contributed by atoms with E-state index in [1.807, 2.05) is 33.3 Å². The molecule has 0 aliphatic carbocycles. The number of quaternary nitrogens is 1. The van der Waals surface area contributed by atoms with Crippen molar-refractivity contribution in [2.45, 2.75) is 303 Å². The van der Waals surface area contributed by atoms with E-state index >= 15 is 0 Å². The molecule has 3 unspecified atom stereocenters. The third-order valence-electron chi connectivity index (χ3n) is 14.7. The van der Waals surface area contributed by atoms with Gasteiger partial charge in [0.2, 0.25) is 5.91 Å². The molecule has 0 aliphatic rings. The molecule has 0 aromatic rings. The van der Waals surface area contributed by atoms with Crippen LogP contribution in [0.15, 0.2) is 109 Å². The average molecular weight is 1180 g/mol. The molecule has 0 bridgehead atoms. The number of carbonyl (C=O) groups is 2. The largest absolute Gasteiger partial charge is 0.756 e. The lowest BCUT2D eigenvalue weighted by Gasteiger charge is -2.30. The van der Waals surface area contributed by atoms with Crippen LogP contribution in [-0.4, -0.2) is 69.4 Å². The number of carbonyl (C=O) groups excluding carboxylic acids is 2. The first-order chi connectivity index (χ1) is 40.4. The van der Waals surface area contributed by atoms with Crippen molar-refractivity contribution in [3.63, 3.8) is 0 Å². The highest BCUT2D eigenvalue weighted by atomic mass is 31.2. The van der Waals surface area contributed by atoms with Crippen LogP contribution in [0.2, 0.25) is 0 Å². The summed E-state index contributed by atoms with van der Waals surface area (Å²) in [5.74, 6) is -0.592. The van der Waals surface area contributed by atoms with Gasteiger partial charge >= 0.3 is 5.97 Å². The lowest BCUT2D eigenvalue weighted by Crippen LogP contribution is -2.47. The van der Waals surface area contributed by atoms with Crippen molar-refractivity contribution in [3.05, 3.63) is 109 Å². The summed E-state index contributed by atoms with van der Waals surface area (Å²) in [5.41, 5.74) is 0. The summed E-state index contributed by atoms with van der Waals surface area (Å²) in [6.45, 7) is 6.69. The summed E-state index contributed by atoms with van der Waals surface area (Å²) >= 11 is 0. The topological polar surface area (TPSA) is 114 Å². The highest BCUT2D eigenvalue weighted by molar-refractivity contribution is 7.45. The quantitative estimate of drug-likeness (QED) is 0.0212. The second-order valence-electron chi connectivity index (χ2n) is 23.9. The summed E-state index contributed by atoms with van der Waals surface area (Å²) in [6.07, 6.45) is 84.9. The molecule has 478 valence electrons. The van der Waals surface area contributed by atoms with E-state index in [4.69, 9.17) is 13.8 Å². The van der Waals surface area contributed by atoms with E-state index in [9.17, 15) is 19.0 Å². The third-order valence-corrected chi connectivity index (χ3v) is 15.7. The van der Waals surface area contributed by atoms with Crippen LogP contribution in [-0.2, 0) is 27.9 Å². The van der Waals surface area contributed by atoms with Gasteiger partial charge in [-0.15, -0.1) is 0 Å². The second-order valence-corrected chi connectivity index (χ2v) is 25.4. The number of hydrogen-bond acceptors (Lipinski definition) is 7. The highest BCUT2D eigenvalue weighted by Crippen LogP contribution is 2.38. The highest BCUT2D eigenvalue weighted by Gasteiger charge is 2.27. The van der Waals surface area contributed by atoms with Crippen LogP contribution in [0, 0.1) is 0 Å². The summed E-state index contributed by atoms with van der Waals surface area (Å²) in [5, 5.41) is 3.03. The molecule has 9 nitrogen and oxygen atoms in total.